The van der Waals surface area contributed by atoms with E-state index >= 15 is 0 Å². The third-order valence-corrected chi connectivity index (χ3v) is 4.16. The van der Waals surface area contributed by atoms with Gasteiger partial charge in [0.25, 0.3) is 0 Å². The molecule has 1 N–H and O–H groups in total. The van der Waals surface area contributed by atoms with E-state index in [1.54, 1.807) is 0 Å². The molecule has 0 aromatic heterocycles. The van der Waals surface area contributed by atoms with Gasteiger partial charge in [-0.25, -0.2) is 0 Å². The zero-order chi connectivity index (χ0) is 12.5. The van der Waals surface area contributed by atoms with E-state index in [0.717, 1.165) is 6.42 Å². The molecule has 4 nitrogen and oxygen atoms in total. The molecule has 96 valence electrons. The van der Waals surface area contributed by atoms with Crippen molar-refractivity contribution in [1.29, 1.82) is 0 Å². The second kappa shape index (κ2) is 4.67. The highest BCUT2D eigenvalue weighted by Crippen LogP contribution is 2.38. The van der Waals surface area contributed by atoms with Crippen molar-refractivity contribution in [2.75, 3.05) is 13.1 Å². The molecule has 2 fully saturated rings. The van der Waals surface area contributed by atoms with Gasteiger partial charge in [-0.15, -0.1) is 0 Å². The maximum absolute atomic E-state index is 12.1. The number of hydrogen-bond acceptors (Lipinski definition) is 2. The first-order chi connectivity index (χ1) is 8.00. The predicted octanol–water partition coefficient (Wildman–Crippen LogP) is 1.30. The van der Waals surface area contributed by atoms with E-state index in [4.69, 9.17) is 0 Å². The lowest BCUT2D eigenvalue weighted by Gasteiger charge is -2.45. The van der Waals surface area contributed by atoms with Gasteiger partial charge in [0.1, 0.15) is 0 Å². The van der Waals surface area contributed by atoms with Crippen LogP contribution in [-0.4, -0.2) is 35.8 Å². The van der Waals surface area contributed by atoms with Crippen LogP contribution in [0.15, 0.2) is 0 Å². The van der Waals surface area contributed by atoms with Crippen LogP contribution in [0.5, 0.6) is 0 Å². The summed E-state index contributed by atoms with van der Waals surface area (Å²) in [6.07, 6.45) is 5.13. The number of amides is 2. The first kappa shape index (κ1) is 12.4. The highest BCUT2D eigenvalue weighted by Gasteiger charge is 2.38. The summed E-state index contributed by atoms with van der Waals surface area (Å²) in [7, 11) is 0. The molecule has 2 rings (SSSR count). The van der Waals surface area contributed by atoms with E-state index in [-0.39, 0.29) is 23.8 Å². The molecular weight excluding hydrogens is 216 g/mol. The van der Waals surface area contributed by atoms with Crippen LogP contribution >= 0.6 is 0 Å². The average Bonchev–Trinajstić information content (AvgIpc) is 2.42. The number of carbonyl (C=O) groups is 2. The molecule has 4 heteroatoms. The van der Waals surface area contributed by atoms with Crippen LogP contribution in [0, 0.1) is 5.41 Å². The van der Waals surface area contributed by atoms with Crippen molar-refractivity contribution in [3.63, 3.8) is 0 Å². The molecule has 0 bridgehead atoms. The van der Waals surface area contributed by atoms with Crippen molar-refractivity contribution in [1.82, 2.24) is 10.2 Å². The van der Waals surface area contributed by atoms with Gasteiger partial charge in [-0.3, -0.25) is 9.59 Å². The highest BCUT2D eigenvalue weighted by atomic mass is 16.2. The second-order valence-electron chi connectivity index (χ2n) is 5.86. The summed E-state index contributed by atoms with van der Waals surface area (Å²) in [5.41, 5.74) is 0.182. The quantitative estimate of drug-likeness (QED) is 0.748. The Morgan fingerprint density at radius 3 is 2.76 bits per heavy atom. The molecule has 0 spiro atoms. The molecule has 2 aliphatic rings. The molecule has 1 heterocycles. The summed E-state index contributed by atoms with van der Waals surface area (Å²) >= 11 is 0. The molecular formula is C13H22N2O2. The fourth-order valence-corrected chi connectivity index (χ4v) is 3.09. The van der Waals surface area contributed by atoms with Gasteiger partial charge in [0.15, 0.2) is 0 Å². The number of carbonyl (C=O) groups excluding carboxylic acids is 2. The van der Waals surface area contributed by atoms with Crippen molar-refractivity contribution >= 4 is 11.8 Å². The molecule has 0 aromatic carbocycles. The smallest absolute Gasteiger partial charge is 0.242 e. The summed E-state index contributed by atoms with van der Waals surface area (Å²) in [6.45, 7) is 5.23. The van der Waals surface area contributed by atoms with Gasteiger partial charge in [0.05, 0.1) is 6.54 Å². The fraction of sp³-hybridized carbons (Fsp3) is 0.846. The lowest BCUT2D eigenvalue weighted by atomic mass is 9.72. The van der Waals surface area contributed by atoms with Crippen molar-refractivity contribution in [2.45, 2.75) is 52.0 Å². The Balaban J connectivity index is 2.13. The van der Waals surface area contributed by atoms with E-state index in [1.807, 2.05) is 4.90 Å². The molecule has 0 aromatic rings. The third-order valence-electron chi connectivity index (χ3n) is 4.16. The van der Waals surface area contributed by atoms with Gasteiger partial charge in [0, 0.05) is 19.0 Å². The Morgan fingerprint density at radius 1 is 1.29 bits per heavy atom. The Morgan fingerprint density at radius 2 is 2.06 bits per heavy atom. The van der Waals surface area contributed by atoms with E-state index in [2.05, 4.69) is 19.2 Å². The van der Waals surface area contributed by atoms with Crippen LogP contribution in [0.3, 0.4) is 0 Å². The van der Waals surface area contributed by atoms with E-state index in [9.17, 15) is 9.59 Å². The van der Waals surface area contributed by atoms with Gasteiger partial charge >= 0.3 is 0 Å². The molecule has 17 heavy (non-hydrogen) atoms. The molecule has 0 radical (unpaired) electrons. The molecule has 1 saturated carbocycles. The second-order valence-corrected chi connectivity index (χ2v) is 5.86. The zero-order valence-corrected chi connectivity index (χ0v) is 10.8. The van der Waals surface area contributed by atoms with Crippen LogP contribution in [0.1, 0.15) is 46.0 Å². The summed E-state index contributed by atoms with van der Waals surface area (Å²) < 4.78 is 0. The van der Waals surface area contributed by atoms with Gasteiger partial charge < -0.3 is 10.2 Å². The summed E-state index contributed by atoms with van der Waals surface area (Å²) in [5, 5.41) is 2.66. The number of nitrogens with zero attached hydrogens (tertiary/aromatic N) is 1. The predicted molar refractivity (Wildman–Crippen MR) is 65.4 cm³/mol. The lowest BCUT2D eigenvalue weighted by Crippen LogP contribution is -2.51. The van der Waals surface area contributed by atoms with Gasteiger partial charge in [-0.1, -0.05) is 26.7 Å². The third kappa shape index (κ3) is 2.61. The monoisotopic (exact) mass is 238 g/mol. The Hall–Kier alpha value is -1.06. The fourth-order valence-electron chi connectivity index (χ4n) is 3.09. The minimum Gasteiger partial charge on any atom is -0.347 e. The molecule has 1 aliphatic carbocycles. The van der Waals surface area contributed by atoms with Crippen molar-refractivity contribution in [3.8, 4) is 0 Å². The number of rotatable bonds is 1. The van der Waals surface area contributed by atoms with E-state index < -0.39 is 0 Å². The maximum Gasteiger partial charge on any atom is 0.242 e. The van der Waals surface area contributed by atoms with Crippen molar-refractivity contribution < 1.29 is 9.59 Å². The Kier molecular flexibility index (Phi) is 3.40. The summed E-state index contributed by atoms with van der Waals surface area (Å²) in [5.74, 6) is 0.0743. The first-order valence-electron chi connectivity index (χ1n) is 6.57. The van der Waals surface area contributed by atoms with Crippen LogP contribution in [0.4, 0.5) is 0 Å². The standard InChI is InChI=1S/C13H22N2O2/c1-13(2)7-4-3-5-10(13)15-8-6-11(16)14-9-12(15)17/h10H,3-9H2,1-2H3,(H,14,16). The number of hydrogen-bond donors (Lipinski definition) is 1. The number of nitrogens with one attached hydrogen (secondary N) is 1. The van der Waals surface area contributed by atoms with Gasteiger partial charge in [0.2, 0.25) is 11.8 Å². The van der Waals surface area contributed by atoms with Gasteiger partial charge in [-0.05, 0) is 18.3 Å². The van der Waals surface area contributed by atoms with E-state index in [0.29, 0.717) is 19.0 Å². The van der Waals surface area contributed by atoms with Crippen LogP contribution in [-0.2, 0) is 9.59 Å². The zero-order valence-electron chi connectivity index (χ0n) is 10.8. The Labute approximate surface area is 103 Å². The van der Waals surface area contributed by atoms with Crippen molar-refractivity contribution in [3.05, 3.63) is 0 Å². The molecule has 1 saturated heterocycles. The van der Waals surface area contributed by atoms with Crippen LogP contribution in [0.2, 0.25) is 0 Å². The summed E-state index contributed by atoms with van der Waals surface area (Å²) in [6, 6.07) is 0.302. The summed E-state index contributed by atoms with van der Waals surface area (Å²) in [4.78, 5) is 25.3. The van der Waals surface area contributed by atoms with Gasteiger partial charge in [-0.2, -0.15) is 0 Å². The van der Waals surface area contributed by atoms with Crippen LogP contribution in [0.25, 0.3) is 0 Å². The maximum atomic E-state index is 12.1. The average molecular weight is 238 g/mol. The molecule has 2 amide bonds. The topological polar surface area (TPSA) is 49.4 Å². The lowest BCUT2D eigenvalue weighted by molar-refractivity contribution is -0.135. The SMILES string of the molecule is CC1(C)CCCCC1N1CCC(=O)NCC1=O. The minimum atomic E-state index is -0.00512. The minimum absolute atomic E-state index is 0.00512. The normalized spacial score (nSPS) is 29.8. The molecule has 1 atom stereocenters. The molecule has 1 unspecified atom stereocenters. The van der Waals surface area contributed by atoms with Crippen molar-refractivity contribution in [2.24, 2.45) is 5.41 Å². The highest BCUT2D eigenvalue weighted by molar-refractivity contribution is 5.87. The van der Waals surface area contributed by atoms with Crippen LogP contribution < -0.4 is 5.32 Å². The van der Waals surface area contributed by atoms with E-state index in [1.165, 1.54) is 19.3 Å². The largest absolute Gasteiger partial charge is 0.347 e. The first-order valence-corrected chi connectivity index (χ1v) is 6.57. The molecule has 1 aliphatic heterocycles. The Bertz CT molecular complexity index is 325.